The van der Waals surface area contributed by atoms with Crippen LogP contribution in [-0.2, 0) is 0 Å². The predicted octanol–water partition coefficient (Wildman–Crippen LogP) is 2.58. The predicted molar refractivity (Wildman–Crippen MR) is 73.2 cm³/mol. The van der Waals surface area contributed by atoms with Gasteiger partial charge in [0.2, 0.25) is 0 Å². The molecule has 2 aromatic rings. The normalized spacial score (nSPS) is 12.3. The zero-order valence-electron chi connectivity index (χ0n) is 11.1. The maximum Gasteiger partial charge on any atom is 0.150 e. The minimum absolute atomic E-state index is 0.0404. The topological polar surface area (TPSA) is 66.0 Å². The Morgan fingerprint density at radius 1 is 1.53 bits per heavy atom. The maximum atomic E-state index is 11.0. The number of aryl methyl sites for hydroxylation is 1. The van der Waals surface area contributed by atoms with Crippen LogP contribution in [0.4, 0.5) is 0 Å². The van der Waals surface area contributed by atoms with Gasteiger partial charge >= 0.3 is 0 Å². The molecule has 4 heteroatoms. The third-order valence-corrected chi connectivity index (χ3v) is 3.56. The van der Waals surface area contributed by atoms with Crippen molar-refractivity contribution < 1.29 is 9.90 Å². The number of rotatable bonds is 4. The standard InChI is InChI=1S/C15H16N2O2/c1-10(5-6-18)17-13(8-16)7-14-11(2)12(9-19)3-4-15(14)17/h3-4,7,9-10,18H,5-6H2,1-2H3. The van der Waals surface area contributed by atoms with E-state index in [4.69, 9.17) is 5.11 Å². The second-order valence-electron chi connectivity index (χ2n) is 4.70. The summed E-state index contributed by atoms with van der Waals surface area (Å²) in [6, 6.07) is 7.67. The lowest BCUT2D eigenvalue weighted by atomic mass is 10.1. The summed E-state index contributed by atoms with van der Waals surface area (Å²) in [5, 5.41) is 19.2. The Balaban J connectivity index is 2.73. The third kappa shape index (κ3) is 2.13. The molecule has 1 aromatic carbocycles. The Bertz CT molecular complexity index is 665. The van der Waals surface area contributed by atoms with Gasteiger partial charge in [-0.25, -0.2) is 0 Å². The van der Waals surface area contributed by atoms with E-state index in [9.17, 15) is 10.1 Å². The van der Waals surface area contributed by atoms with Crippen LogP contribution in [0.2, 0.25) is 0 Å². The number of aliphatic hydroxyl groups is 1. The molecule has 98 valence electrons. The van der Waals surface area contributed by atoms with E-state index in [0.29, 0.717) is 17.7 Å². The van der Waals surface area contributed by atoms with Crippen molar-refractivity contribution in [2.45, 2.75) is 26.3 Å². The van der Waals surface area contributed by atoms with Crippen LogP contribution in [0.25, 0.3) is 10.9 Å². The van der Waals surface area contributed by atoms with Gasteiger partial charge < -0.3 is 9.67 Å². The molecule has 2 rings (SSSR count). The fourth-order valence-electron chi connectivity index (χ4n) is 2.46. The minimum atomic E-state index is 0.0404. The number of carbonyl (C=O) groups excluding carboxylic acids is 1. The number of hydrogen-bond acceptors (Lipinski definition) is 3. The number of aldehydes is 1. The molecule has 0 spiro atoms. The van der Waals surface area contributed by atoms with Crippen LogP contribution >= 0.6 is 0 Å². The molecule has 0 aliphatic heterocycles. The van der Waals surface area contributed by atoms with Crippen molar-refractivity contribution in [3.63, 3.8) is 0 Å². The first-order valence-electron chi connectivity index (χ1n) is 6.24. The van der Waals surface area contributed by atoms with Gasteiger partial charge in [0.1, 0.15) is 18.0 Å². The lowest BCUT2D eigenvalue weighted by Gasteiger charge is -2.15. The van der Waals surface area contributed by atoms with Gasteiger partial charge in [0.05, 0.1) is 0 Å². The molecule has 0 radical (unpaired) electrons. The Hall–Kier alpha value is -2.12. The Morgan fingerprint density at radius 2 is 2.26 bits per heavy atom. The number of nitrogens with zero attached hydrogens (tertiary/aromatic N) is 2. The molecule has 1 aromatic heterocycles. The van der Waals surface area contributed by atoms with Crippen molar-refractivity contribution in [1.82, 2.24) is 4.57 Å². The summed E-state index contributed by atoms with van der Waals surface area (Å²) in [4.78, 5) is 11.0. The zero-order valence-corrected chi connectivity index (χ0v) is 11.1. The molecule has 0 saturated heterocycles. The first-order chi connectivity index (χ1) is 9.13. The molecule has 0 fully saturated rings. The van der Waals surface area contributed by atoms with Crippen molar-refractivity contribution in [2.24, 2.45) is 0 Å². The highest BCUT2D eigenvalue weighted by Gasteiger charge is 2.16. The molecule has 0 aliphatic rings. The smallest absolute Gasteiger partial charge is 0.150 e. The van der Waals surface area contributed by atoms with Crippen LogP contribution in [0, 0.1) is 18.3 Å². The number of hydrogen-bond donors (Lipinski definition) is 1. The van der Waals surface area contributed by atoms with Crippen LogP contribution in [0.1, 0.15) is 41.0 Å². The fraction of sp³-hybridized carbons (Fsp3) is 0.333. The third-order valence-electron chi connectivity index (χ3n) is 3.56. The van der Waals surface area contributed by atoms with E-state index in [1.54, 1.807) is 6.07 Å². The highest BCUT2D eigenvalue weighted by Crippen LogP contribution is 2.29. The number of nitriles is 1. The van der Waals surface area contributed by atoms with Gasteiger partial charge in [-0.3, -0.25) is 4.79 Å². The Labute approximate surface area is 111 Å². The van der Waals surface area contributed by atoms with E-state index >= 15 is 0 Å². The molecule has 1 N–H and O–H groups in total. The van der Waals surface area contributed by atoms with Gasteiger partial charge in [0.15, 0.2) is 0 Å². The lowest BCUT2D eigenvalue weighted by molar-refractivity contribution is 0.112. The first kappa shape index (κ1) is 13.3. The summed E-state index contributed by atoms with van der Waals surface area (Å²) in [5.74, 6) is 0. The Morgan fingerprint density at radius 3 is 2.84 bits per heavy atom. The monoisotopic (exact) mass is 256 g/mol. The van der Waals surface area contributed by atoms with Gasteiger partial charge in [-0.2, -0.15) is 5.26 Å². The maximum absolute atomic E-state index is 11.0. The molecule has 4 nitrogen and oxygen atoms in total. The quantitative estimate of drug-likeness (QED) is 0.855. The van der Waals surface area contributed by atoms with Gasteiger partial charge in [0.25, 0.3) is 0 Å². The summed E-state index contributed by atoms with van der Waals surface area (Å²) in [5.41, 5.74) is 3.02. The second kappa shape index (κ2) is 5.25. The fourth-order valence-corrected chi connectivity index (χ4v) is 2.46. The van der Waals surface area contributed by atoms with E-state index in [2.05, 4.69) is 6.07 Å². The van der Waals surface area contributed by atoms with Crippen LogP contribution in [0.15, 0.2) is 18.2 Å². The van der Waals surface area contributed by atoms with Crippen LogP contribution in [0.3, 0.4) is 0 Å². The number of benzene rings is 1. The summed E-state index contributed by atoms with van der Waals surface area (Å²) < 4.78 is 1.92. The highest BCUT2D eigenvalue weighted by molar-refractivity contribution is 5.92. The van der Waals surface area contributed by atoms with E-state index in [1.807, 2.05) is 30.5 Å². The van der Waals surface area contributed by atoms with Gasteiger partial charge in [0, 0.05) is 29.1 Å². The van der Waals surface area contributed by atoms with E-state index < -0.39 is 0 Å². The van der Waals surface area contributed by atoms with Crippen molar-refractivity contribution >= 4 is 17.2 Å². The molecule has 0 bridgehead atoms. The van der Waals surface area contributed by atoms with Crippen molar-refractivity contribution in [3.8, 4) is 6.07 Å². The van der Waals surface area contributed by atoms with E-state index in [-0.39, 0.29) is 12.6 Å². The van der Waals surface area contributed by atoms with Crippen molar-refractivity contribution in [3.05, 3.63) is 35.0 Å². The van der Waals surface area contributed by atoms with Crippen LogP contribution in [-0.4, -0.2) is 22.6 Å². The van der Waals surface area contributed by atoms with E-state index in [0.717, 1.165) is 22.8 Å². The summed E-state index contributed by atoms with van der Waals surface area (Å²) in [6.45, 7) is 3.94. The molecule has 0 amide bonds. The highest BCUT2D eigenvalue weighted by atomic mass is 16.3. The van der Waals surface area contributed by atoms with Crippen molar-refractivity contribution in [1.29, 1.82) is 5.26 Å². The zero-order chi connectivity index (χ0) is 14.0. The molecular weight excluding hydrogens is 240 g/mol. The molecular formula is C15H16N2O2. The lowest BCUT2D eigenvalue weighted by Crippen LogP contribution is -2.08. The summed E-state index contributed by atoms with van der Waals surface area (Å²) in [6.07, 6.45) is 1.42. The van der Waals surface area contributed by atoms with E-state index in [1.165, 1.54) is 0 Å². The largest absolute Gasteiger partial charge is 0.396 e. The Kier molecular flexibility index (Phi) is 3.68. The molecule has 1 unspecified atom stereocenters. The minimum Gasteiger partial charge on any atom is -0.396 e. The first-order valence-corrected chi connectivity index (χ1v) is 6.24. The molecule has 19 heavy (non-hydrogen) atoms. The second-order valence-corrected chi connectivity index (χ2v) is 4.70. The average molecular weight is 256 g/mol. The number of fused-ring (bicyclic) bond motifs is 1. The van der Waals surface area contributed by atoms with Gasteiger partial charge in [-0.05, 0) is 44.0 Å². The summed E-state index contributed by atoms with van der Waals surface area (Å²) in [7, 11) is 0. The molecule has 0 saturated carbocycles. The number of aliphatic hydroxyl groups excluding tert-OH is 1. The van der Waals surface area contributed by atoms with Gasteiger partial charge in [-0.1, -0.05) is 0 Å². The van der Waals surface area contributed by atoms with Crippen LogP contribution in [0.5, 0.6) is 0 Å². The van der Waals surface area contributed by atoms with Crippen molar-refractivity contribution in [2.75, 3.05) is 6.61 Å². The molecule has 1 atom stereocenters. The molecule has 0 aliphatic carbocycles. The number of carbonyl (C=O) groups is 1. The number of aromatic nitrogens is 1. The van der Waals surface area contributed by atoms with Gasteiger partial charge in [-0.15, -0.1) is 0 Å². The van der Waals surface area contributed by atoms with Crippen LogP contribution < -0.4 is 0 Å². The summed E-state index contributed by atoms with van der Waals surface area (Å²) >= 11 is 0. The molecule has 1 heterocycles. The average Bonchev–Trinajstić information content (AvgIpc) is 2.79. The SMILES string of the molecule is Cc1c(C=O)ccc2c1cc(C#N)n2C(C)CCO.